The lowest BCUT2D eigenvalue weighted by molar-refractivity contribution is 1.21. The molecule has 0 radical (unpaired) electrons. The smallest absolute Gasteiger partial charge is 0.153 e. The summed E-state index contributed by atoms with van der Waals surface area (Å²) < 4.78 is 1.15. The van der Waals surface area contributed by atoms with Gasteiger partial charge in [-0.3, -0.25) is 0 Å². The molecule has 1 aromatic carbocycles. The molecule has 0 spiro atoms. The van der Waals surface area contributed by atoms with Crippen LogP contribution >= 0.6 is 22.6 Å². The summed E-state index contributed by atoms with van der Waals surface area (Å²) in [6, 6.07) is 11.0. The van der Waals surface area contributed by atoms with Crippen molar-refractivity contribution in [1.82, 2.24) is 4.98 Å². The Labute approximate surface area is 112 Å². The molecule has 5 nitrogen and oxygen atoms in total. The average Bonchev–Trinajstić information content (AvgIpc) is 2.30. The third-order valence-corrected chi connectivity index (χ3v) is 2.74. The van der Waals surface area contributed by atoms with E-state index in [9.17, 15) is 0 Å². The summed E-state index contributed by atoms with van der Waals surface area (Å²) in [5.41, 5.74) is 12.4. The SMILES string of the molecule is Nc1ccc(/N=N/c2ccc(I)cc2)c(N)n1. The Morgan fingerprint density at radius 2 is 1.65 bits per heavy atom. The van der Waals surface area contributed by atoms with E-state index in [4.69, 9.17) is 11.5 Å². The molecule has 0 aliphatic rings. The summed E-state index contributed by atoms with van der Waals surface area (Å²) in [6.07, 6.45) is 0. The molecule has 2 aromatic rings. The molecule has 0 amide bonds. The molecular weight excluding hydrogens is 329 g/mol. The number of nitrogen functional groups attached to an aromatic ring is 2. The van der Waals surface area contributed by atoms with Gasteiger partial charge in [-0.15, -0.1) is 5.11 Å². The van der Waals surface area contributed by atoms with Crippen LogP contribution in [0.1, 0.15) is 0 Å². The van der Waals surface area contributed by atoms with Crippen LogP contribution in [-0.2, 0) is 0 Å². The highest BCUT2D eigenvalue weighted by Crippen LogP contribution is 2.23. The normalized spacial score (nSPS) is 10.9. The molecule has 1 aromatic heterocycles. The van der Waals surface area contributed by atoms with Crippen molar-refractivity contribution >= 4 is 45.6 Å². The molecule has 0 saturated heterocycles. The van der Waals surface area contributed by atoms with Gasteiger partial charge in [-0.1, -0.05) is 0 Å². The maximum Gasteiger partial charge on any atom is 0.153 e. The van der Waals surface area contributed by atoms with Crippen molar-refractivity contribution in [2.24, 2.45) is 10.2 Å². The van der Waals surface area contributed by atoms with Crippen molar-refractivity contribution in [3.63, 3.8) is 0 Å². The Kier molecular flexibility index (Phi) is 3.52. The van der Waals surface area contributed by atoms with Crippen LogP contribution in [0.5, 0.6) is 0 Å². The molecule has 0 aliphatic carbocycles. The van der Waals surface area contributed by atoms with Crippen molar-refractivity contribution in [2.75, 3.05) is 11.5 Å². The lowest BCUT2D eigenvalue weighted by atomic mass is 10.3. The van der Waals surface area contributed by atoms with Crippen LogP contribution in [0.25, 0.3) is 0 Å². The van der Waals surface area contributed by atoms with Gasteiger partial charge in [-0.2, -0.15) is 5.11 Å². The monoisotopic (exact) mass is 339 g/mol. The highest BCUT2D eigenvalue weighted by atomic mass is 127. The molecule has 4 N–H and O–H groups in total. The summed E-state index contributed by atoms with van der Waals surface area (Å²) in [6.45, 7) is 0. The molecule has 86 valence electrons. The zero-order chi connectivity index (χ0) is 12.3. The number of hydrogen-bond donors (Lipinski definition) is 2. The van der Waals surface area contributed by atoms with E-state index in [0.29, 0.717) is 11.5 Å². The van der Waals surface area contributed by atoms with Gasteiger partial charge >= 0.3 is 0 Å². The second-order valence-electron chi connectivity index (χ2n) is 3.32. The molecule has 17 heavy (non-hydrogen) atoms. The number of aromatic nitrogens is 1. The summed E-state index contributed by atoms with van der Waals surface area (Å²) >= 11 is 2.23. The topological polar surface area (TPSA) is 89.6 Å². The minimum Gasteiger partial charge on any atom is -0.384 e. The lowest BCUT2D eigenvalue weighted by Crippen LogP contribution is -1.95. The summed E-state index contributed by atoms with van der Waals surface area (Å²) in [5.74, 6) is 0.648. The van der Waals surface area contributed by atoms with Crippen LogP contribution in [0.4, 0.5) is 23.0 Å². The van der Waals surface area contributed by atoms with E-state index in [1.807, 2.05) is 24.3 Å². The first-order valence-corrected chi connectivity index (χ1v) is 5.92. The van der Waals surface area contributed by atoms with E-state index in [0.717, 1.165) is 9.26 Å². The summed E-state index contributed by atoms with van der Waals surface area (Å²) in [4.78, 5) is 3.90. The van der Waals surface area contributed by atoms with E-state index in [1.165, 1.54) is 0 Å². The van der Waals surface area contributed by atoms with Gasteiger partial charge in [-0.05, 0) is 59.0 Å². The number of pyridine rings is 1. The van der Waals surface area contributed by atoms with Gasteiger partial charge in [0, 0.05) is 3.57 Å². The standard InChI is InChI=1S/C11H10IN5/c12-7-1-3-8(4-2-7)16-17-9-5-6-10(13)15-11(9)14/h1-6H,(H4,13,14,15)/b17-16+. The van der Waals surface area contributed by atoms with Gasteiger partial charge in [0.2, 0.25) is 0 Å². The van der Waals surface area contributed by atoms with Crippen LogP contribution in [0, 0.1) is 3.57 Å². The van der Waals surface area contributed by atoms with E-state index >= 15 is 0 Å². The first-order valence-electron chi connectivity index (χ1n) is 4.84. The van der Waals surface area contributed by atoms with Gasteiger partial charge in [0.1, 0.15) is 11.5 Å². The van der Waals surface area contributed by atoms with Crippen molar-refractivity contribution in [3.05, 3.63) is 40.0 Å². The maximum absolute atomic E-state index is 5.66. The number of halogens is 1. The van der Waals surface area contributed by atoms with Gasteiger partial charge in [0.25, 0.3) is 0 Å². The summed E-state index contributed by atoms with van der Waals surface area (Å²) in [5, 5.41) is 8.10. The Bertz CT molecular complexity index is 550. The minimum absolute atomic E-state index is 0.277. The number of rotatable bonds is 2. The third-order valence-electron chi connectivity index (χ3n) is 2.02. The zero-order valence-electron chi connectivity index (χ0n) is 8.84. The van der Waals surface area contributed by atoms with Crippen molar-refractivity contribution < 1.29 is 0 Å². The zero-order valence-corrected chi connectivity index (χ0v) is 11.0. The Hall–Kier alpha value is -1.70. The number of azo groups is 1. The third kappa shape index (κ3) is 3.13. The van der Waals surface area contributed by atoms with Crippen molar-refractivity contribution in [1.29, 1.82) is 0 Å². The number of nitrogens with zero attached hydrogens (tertiary/aromatic N) is 3. The van der Waals surface area contributed by atoms with E-state index in [-0.39, 0.29) is 5.82 Å². The molecule has 0 saturated carbocycles. The first-order chi connectivity index (χ1) is 8.15. The van der Waals surface area contributed by atoms with Crippen molar-refractivity contribution in [2.45, 2.75) is 0 Å². The average molecular weight is 339 g/mol. The van der Waals surface area contributed by atoms with Crippen LogP contribution < -0.4 is 11.5 Å². The highest BCUT2D eigenvalue weighted by molar-refractivity contribution is 14.1. The first kappa shape index (κ1) is 11.8. The molecule has 0 fully saturated rings. The molecular formula is C11H10IN5. The van der Waals surface area contributed by atoms with E-state index < -0.39 is 0 Å². The fourth-order valence-electron chi connectivity index (χ4n) is 1.19. The number of hydrogen-bond acceptors (Lipinski definition) is 5. The Balaban J connectivity index is 2.23. The van der Waals surface area contributed by atoms with E-state index in [1.54, 1.807) is 12.1 Å². The van der Waals surface area contributed by atoms with Crippen LogP contribution in [0.15, 0.2) is 46.6 Å². The molecule has 0 atom stereocenters. The number of nitrogens with two attached hydrogens (primary N) is 2. The predicted molar refractivity (Wildman–Crippen MR) is 76.4 cm³/mol. The predicted octanol–water partition coefficient (Wildman–Crippen LogP) is 3.27. The fourth-order valence-corrected chi connectivity index (χ4v) is 1.55. The Morgan fingerprint density at radius 1 is 0.941 bits per heavy atom. The summed E-state index contributed by atoms with van der Waals surface area (Å²) in [7, 11) is 0. The van der Waals surface area contributed by atoms with Gasteiger partial charge < -0.3 is 11.5 Å². The van der Waals surface area contributed by atoms with E-state index in [2.05, 4.69) is 37.8 Å². The molecule has 1 heterocycles. The molecule has 0 unspecified atom stereocenters. The number of benzene rings is 1. The van der Waals surface area contributed by atoms with Gasteiger partial charge in [0.05, 0.1) is 5.69 Å². The molecule has 0 bridgehead atoms. The largest absolute Gasteiger partial charge is 0.384 e. The van der Waals surface area contributed by atoms with Gasteiger partial charge in [-0.25, -0.2) is 4.98 Å². The minimum atomic E-state index is 0.277. The molecule has 2 rings (SSSR count). The van der Waals surface area contributed by atoms with Crippen molar-refractivity contribution in [3.8, 4) is 0 Å². The molecule has 6 heteroatoms. The second kappa shape index (κ2) is 5.09. The van der Waals surface area contributed by atoms with Crippen LogP contribution in [-0.4, -0.2) is 4.98 Å². The quantitative estimate of drug-likeness (QED) is 0.650. The highest BCUT2D eigenvalue weighted by Gasteiger charge is 1.99. The maximum atomic E-state index is 5.66. The van der Waals surface area contributed by atoms with Gasteiger partial charge in [0.15, 0.2) is 5.82 Å². The Morgan fingerprint density at radius 3 is 2.29 bits per heavy atom. The lowest BCUT2D eigenvalue weighted by Gasteiger charge is -1.98. The van der Waals surface area contributed by atoms with Crippen LogP contribution in [0.3, 0.4) is 0 Å². The fraction of sp³-hybridized carbons (Fsp3) is 0. The molecule has 0 aliphatic heterocycles. The number of anilines is 2. The van der Waals surface area contributed by atoms with Crippen LogP contribution in [0.2, 0.25) is 0 Å². The second-order valence-corrected chi connectivity index (χ2v) is 4.56.